The number of hydrogen-bond donors (Lipinski definition) is 2. The summed E-state index contributed by atoms with van der Waals surface area (Å²) in [7, 11) is 0. The fourth-order valence-corrected chi connectivity index (χ4v) is 7.93. The molecule has 0 fully saturated rings. The second-order valence-corrected chi connectivity index (χ2v) is 17.0. The van der Waals surface area contributed by atoms with Crippen molar-refractivity contribution in [1.29, 1.82) is 0 Å². The minimum Gasteiger partial charge on any atom is -0.481 e. The number of hydrogen-bond acceptors (Lipinski definition) is 4. The van der Waals surface area contributed by atoms with Crippen molar-refractivity contribution in [2.24, 2.45) is 0 Å². The average Bonchev–Trinajstić information content (AvgIpc) is 3.16. The van der Waals surface area contributed by atoms with Gasteiger partial charge in [0, 0.05) is 19.4 Å². The van der Waals surface area contributed by atoms with Crippen molar-refractivity contribution in [2.75, 3.05) is 13.2 Å². The summed E-state index contributed by atoms with van der Waals surface area (Å²) in [4.78, 5) is 22.0. The van der Waals surface area contributed by atoms with Crippen molar-refractivity contribution in [3.8, 4) is 0 Å². The van der Waals surface area contributed by atoms with E-state index < -0.39 is 5.97 Å². The molecule has 54 heavy (non-hydrogen) atoms. The molecular formula is C49H96O5. The molecule has 5 heteroatoms. The third kappa shape index (κ3) is 48.9. The van der Waals surface area contributed by atoms with Crippen LogP contribution in [-0.2, 0) is 14.3 Å². The van der Waals surface area contributed by atoms with Crippen molar-refractivity contribution in [2.45, 2.75) is 289 Å². The Kier molecular flexibility index (Phi) is 47.1. The van der Waals surface area contributed by atoms with E-state index in [9.17, 15) is 9.59 Å². The standard InChI is InChI=1S/C49H96O5/c50-46-41-39-37-35-33-31-29-27-25-23-21-19-17-15-13-11-9-7-5-3-1-2-4-6-8-10-12-14-16-18-20-22-24-26-28-30-32-34-36-38-40-42-47-54-49(53)45-43-44-48(51)52/h50H,1-47H2,(H,51,52). The second kappa shape index (κ2) is 48.0. The molecule has 0 unspecified atom stereocenters. The summed E-state index contributed by atoms with van der Waals surface area (Å²) in [6.07, 6.45) is 59.1. The quantitative estimate of drug-likeness (QED) is 0.0476. The molecule has 5 nitrogen and oxygen atoms in total. The third-order valence-electron chi connectivity index (χ3n) is 11.6. The number of aliphatic carboxylic acids is 1. The molecule has 322 valence electrons. The lowest BCUT2D eigenvalue weighted by atomic mass is 10.0. The third-order valence-corrected chi connectivity index (χ3v) is 11.6. The van der Waals surface area contributed by atoms with Gasteiger partial charge in [-0.25, -0.2) is 0 Å². The van der Waals surface area contributed by atoms with Crippen molar-refractivity contribution in [3.63, 3.8) is 0 Å². The number of unbranched alkanes of at least 4 members (excludes halogenated alkanes) is 41. The highest BCUT2D eigenvalue weighted by Gasteiger charge is 2.05. The Morgan fingerprint density at radius 1 is 0.278 bits per heavy atom. The van der Waals surface area contributed by atoms with Gasteiger partial charge in [0.1, 0.15) is 0 Å². The number of aliphatic hydroxyl groups is 1. The first-order valence-corrected chi connectivity index (χ1v) is 24.6. The molecule has 0 aliphatic rings. The van der Waals surface area contributed by atoms with Gasteiger partial charge in [-0.3, -0.25) is 9.59 Å². The smallest absolute Gasteiger partial charge is 0.305 e. The Labute approximate surface area is 337 Å². The topological polar surface area (TPSA) is 83.8 Å². The molecule has 0 atom stereocenters. The van der Waals surface area contributed by atoms with Crippen molar-refractivity contribution < 1.29 is 24.5 Å². The van der Waals surface area contributed by atoms with Gasteiger partial charge in [-0.05, 0) is 19.3 Å². The predicted octanol–water partition coefficient (Wildman–Crippen LogP) is 16.2. The van der Waals surface area contributed by atoms with Crippen molar-refractivity contribution in [3.05, 3.63) is 0 Å². The van der Waals surface area contributed by atoms with E-state index in [0.717, 1.165) is 19.3 Å². The lowest BCUT2D eigenvalue weighted by Gasteiger charge is -2.05. The van der Waals surface area contributed by atoms with Crippen LogP contribution in [0.3, 0.4) is 0 Å². The van der Waals surface area contributed by atoms with E-state index >= 15 is 0 Å². The maximum absolute atomic E-state index is 11.5. The van der Waals surface area contributed by atoms with Crippen LogP contribution < -0.4 is 0 Å². The molecule has 0 amide bonds. The van der Waals surface area contributed by atoms with Crippen LogP contribution in [0.25, 0.3) is 0 Å². The molecule has 0 saturated carbocycles. The van der Waals surface area contributed by atoms with Crippen LogP contribution >= 0.6 is 0 Å². The van der Waals surface area contributed by atoms with E-state index in [0.29, 0.717) is 19.6 Å². The Hall–Kier alpha value is -1.10. The lowest BCUT2D eigenvalue weighted by molar-refractivity contribution is -0.144. The van der Waals surface area contributed by atoms with Gasteiger partial charge >= 0.3 is 11.9 Å². The maximum Gasteiger partial charge on any atom is 0.305 e. The van der Waals surface area contributed by atoms with Gasteiger partial charge in [-0.2, -0.15) is 0 Å². The predicted molar refractivity (Wildman–Crippen MR) is 233 cm³/mol. The SMILES string of the molecule is O=C(O)CCCC(=O)OCCCCCCCCCCCCCCCCCCCCCCCCCCCCCCCCCCCCCCCCCCCCO. The van der Waals surface area contributed by atoms with E-state index in [-0.39, 0.29) is 18.8 Å². The summed E-state index contributed by atoms with van der Waals surface area (Å²) < 4.78 is 5.17. The summed E-state index contributed by atoms with van der Waals surface area (Å²) in [5.74, 6) is -1.12. The number of carbonyl (C=O) groups is 2. The second-order valence-electron chi connectivity index (χ2n) is 17.0. The number of aliphatic hydroxyl groups excluding tert-OH is 1. The molecular weight excluding hydrogens is 669 g/mol. The Morgan fingerprint density at radius 2 is 0.481 bits per heavy atom. The van der Waals surface area contributed by atoms with Crippen LogP contribution in [0.5, 0.6) is 0 Å². The average molecular weight is 765 g/mol. The van der Waals surface area contributed by atoms with E-state index in [2.05, 4.69) is 0 Å². The van der Waals surface area contributed by atoms with Gasteiger partial charge in [0.25, 0.3) is 0 Å². The first-order valence-electron chi connectivity index (χ1n) is 24.6. The molecule has 0 aromatic heterocycles. The molecule has 0 spiro atoms. The summed E-state index contributed by atoms with van der Waals surface area (Å²) in [6.45, 7) is 0.843. The zero-order valence-corrected chi connectivity index (χ0v) is 36.4. The molecule has 0 bridgehead atoms. The highest BCUT2D eigenvalue weighted by Crippen LogP contribution is 2.18. The zero-order valence-electron chi connectivity index (χ0n) is 36.4. The molecule has 0 aliphatic carbocycles. The Bertz CT molecular complexity index is 725. The minimum atomic E-state index is -0.858. The first kappa shape index (κ1) is 52.9. The molecule has 0 aromatic rings. The van der Waals surface area contributed by atoms with Gasteiger partial charge in [0.05, 0.1) is 6.61 Å². The molecule has 0 heterocycles. The summed E-state index contributed by atoms with van der Waals surface area (Å²) >= 11 is 0. The number of esters is 1. The normalized spacial score (nSPS) is 11.4. The van der Waals surface area contributed by atoms with E-state index in [1.54, 1.807) is 0 Å². The number of carbonyl (C=O) groups excluding carboxylic acids is 1. The van der Waals surface area contributed by atoms with Gasteiger partial charge in [0.2, 0.25) is 0 Å². The highest BCUT2D eigenvalue weighted by molar-refractivity contribution is 5.71. The number of rotatable bonds is 48. The van der Waals surface area contributed by atoms with Crippen LogP contribution in [0, 0.1) is 0 Å². The van der Waals surface area contributed by atoms with Crippen LogP contribution in [-0.4, -0.2) is 35.4 Å². The monoisotopic (exact) mass is 765 g/mol. The summed E-state index contributed by atoms with van der Waals surface area (Å²) in [6, 6.07) is 0. The Balaban J connectivity index is 3.09. The lowest BCUT2D eigenvalue weighted by Crippen LogP contribution is -2.06. The number of carboxylic acid groups (broad SMARTS) is 1. The maximum atomic E-state index is 11.5. The molecule has 0 aliphatic heterocycles. The first-order chi connectivity index (χ1) is 26.7. The van der Waals surface area contributed by atoms with E-state index in [1.807, 2.05) is 0 Å². The zero-order chi connectivity index (χ0) is 39.1. The van der Waals surface area contributed by atoms with Crippen molar-refractivity contribution >= 4 is 11.9 Å². The Morgan fingerprint density at radius 3 is 0.685 bits per heavy atom. The minimum absolute atomic E-state index is 0.0350. The van der Waals surface area contributed by atoms with Gasteiger partial charge in [-0.1, -0.05) is 257 Å². The summed E-state index contributed by atoms with van der Waals surface area (Å²) in [5.41, 5.74) is 0. The largest absolute Gasteiger partial charge is 0.481 e. The van der Waals surface area contributed by atoms with Gasteiger partial charge in [0.15, 0.2) is 0 Å². The van der Waals surface area contributed by atoms with Crippen LogP contribution in [0.1, 0.15) is 289 Å². The van der Waals surface area contributed by atoms with Crippen molar-refractivity contribution in [1.82, 2.24) is 0 Å². The molecule has 0 rings (SSSR count). The van der Waals surface area contributed by atoms with Gasteiger partial charge < -0.3 is 14.9 Å². The van der Waals surface area contributed by atoms with Crippen LogP contribution in [0.15, 0.2) is 0 Å². The molecule has 0 saturated heterocycles. The summed E-state index contributed by atoms with van der Waals surface area (Å²) in [5, 5.41) is 17.4. The fourth-order valence-electron chi connectivity index (χ4n) is 7.93. The molecule has 0 aromatic carbocycles. The molecule has 2 N–H and O–H groups in total. The van der Waals surface area contributed by atoms with E-state index in [4.69, 9.17) is 14.9 Å². The van der Waals surface area contributed by atoms with Crippen LogP contribution in [0.2, 0.25) is 0 Å². The molecule has 0 radical (unpaired) electrons. The fraction of sp³-hybridized carbons (Fsp3) is 0.959. The van der Waals surface area contributed by atoms with Crippen LogP contribution in [0.4, 0.5) is 0 Å². The highest BCUT2D eigenvalue weighted by atomic mass is 16.5. The van der Waals surface area contributed by atoms with Gasteiger partial charge in [-0.15, -0.1) is 0 Å². The number of ether oxygens (including phenoxy) is 1. The number of carboxylic acids is 1. The van der Waals surface area contributed by atoms with E-state index in [1.165, 1.54) is 250 Å².